The summed E-state index contributed by atoms with van der Waals surface area (Å²) in [5.41, 5.74) is 6.57. The van der Waals surface area contributed by atoms with Crippen LogP contribution in [0.2, 0.25) is 0 Å². The second-order valence-corrected chi connectivity index (χ2v) is 4.15. The van der Waals surface area contributed by atoms with Crippen molar-refractivity contribution in [3.63, 3.8) is 0 Å². The Morgan fingerprint density at radius 3 is 2.50 bits per heavy atom. The molecule has 1 atom stereocenters. The third kappa shape index (κ3) is 1.24. The molecular weight excluding hydrogens is 178 g/mol. The summed E-state index contributed by atoms with van der Waals surface area (Å²) in [7, 11) is 0. The van der Waals surface area contributed by atoms with E-state index in [2.05, 4.69) is 0 Å². The minimum absolute atomic E-state index is 0.00944. The van der Waals surface area contributed by atoms with Gasteiger partial charge in [0.2, 0.25) is 0 Å². The van der Waals surface area contributed by atoms with Crippen molar-refractivity contribution >= 4 is 0 Å². The molecule has 0 saturated heterocycles. The maximum absolute atomic E-state index is 9.69. The van der Waals surface area contributed by atoms with Crippen LogP contribution in [0, 0.1) is 0 Å². The quantitative estimate of drug-likeness (QED) is 0.623. The normalized spacial score (nSPS) is 20.4. The van der Waals surface area contributed by atoms with Gasteiger partial charge < -0.3 is 15.9 Å². The first-order valence-electron chi connectivity index (χ1n) is 4.84. The Balaban J connectivity index is 2.46. The minimum atomic E-state index is -0.108. The van der Waals surface area contributed by atoms with E-state index in [1.54, 1.807) is 6.07 Å². The molecule has 0 aromatic heterocycles. The number of rotatable bonds is 2. The molecule has 1 aliphatic rings. The van der Waals surface area contributed by atoms with Crippen molar-refractivity contribution in [2.75, 3.05) is 0 Å². The molecule has 1 fully saturated rings. The van der Waals surface area contributed by atoms with Gasteiger partial charge in [0.15, 0.2) is 0 Å². The molecule has 4 N–H and O–H groups in total. The highest BCUT2D eigenvalue weighted by Gasteiger charge is 2.49. The van der Waals surface area contributed by atoms with Crippen LogP contribution in [0.25, 0.3) is 0 Å². The maximum atomic E-state index is 9.69. The van der Waals surface area contributed by atoms with E-state index in [0.29, 0.717) is 0 Å². The maximum Gasteiger partial charge on any atom is 0.119 e. The lowest BCUT2D eigenvalue weighted by atomic mass is 9.88. The zero-order valence-electron chi connectivity index (χ0n) is 8.20. The Hall–Kier alpha value is -1.22. The molecule has 3 nitrogen and oxygen atoms in total. The molecule has 0 amide bonds. The van der Waals surface area contributed by atoms with E-state index in [9.17, 15) is 10.2 Å². The highest BCUT2D eigenvalue weighted by molar-refractivity contribution is 5.47. The molecule has 0 heterocycles. The van der Waals surface area contributed by atoms with Crippen LogP contribution < -0.4 is 5.73 Å². The lowest BCUT2D eigenvalue weighted by Crippen LogP contribution is -2.31. The van der Waals surface area contributed by atoms with Crippen LogP contribution in [-0.4, -0.2) is 16.3 Å². The number of benzene rings is 1. The highest BCUT2D eigenvalue weighted by Crippen LogP contribution is 2.53. The third-order valence-corrected chi connectivity index (χ3v) is 3.18. The van der Waals surface area contributed by atoms with E-state index in [-0.39, 0.29) is 23.0 Å². The number of hydrogen-bond donors (Lipinski definition) is 3. The van der Waals surface area contributed by atoms with Gasteiger partial charge in [-0.15, -0.1) is 0 Å². The van der Waals surface area contributed by atoms with Crippen molar-refractivity contribution in [3.8, 4) is 11.5 Å². The highest BCUT2D eigenvalue weighted by atomic mass is 16.3. The summed E-state index contributed by atoms with van der Waals surface area (Å²) in [6, 6.07) is 4.63. The molecule has 2 rings (SSSR count). The SMILES string of the molecule is CC(N)C1(c2cc(O)ccc2O)CC1. The number of phenols is 2. The molecule has 14 heavy (non-hydrogen) atoms. The standard InChI is InChI=1S/C11H15NO2/c1-7(12)11(4-5-11)9-6-8(13)2-3-10(9)14/h2-3,6-7,13-14H,4-5,12H2,1H3. The molecule has 1 aromatic carbocycles. The predicted octanol–water partition coefficient (Wildman–Crippen LogP) is 1.48. The summed E-state index contributed by atoms with van der Waals surface area (Å²) in [5, 5.41) is 19.1. The van der Waals surface area contributed by atoms with Gasteiger partial charge in [0, 0.05) is 17.0 Å². The van der Waals surface area contributed by atoms with Crippen LogP contribution in [-0.2, 0) is 5.41 Å². The zero-order chi connectivity index (χ0) is 10.3. The average Bonchev–Trinajstić information content (AvgIpc) is 2.90. The minimum Gasteiger partial charge on any atom is -0.508 e. The first-order valence-corrected chi connectivity index (χ1v) is 4.84. The van der Waals surface area contributed by atoms with Crippen LogP contribution in [0.15, 0.2) is 18.2 Å². The second kappa shape index (κ2) is 2.89. The van der Waals surface area contributed by atoms with Crippen molar-refractivity contribution in [1.29, 1.82) is 0 Å². The molecule has 1 aromatic rings. The molecule has 0 bridgehead atoms. The summed E-state index contributed by atoms with van der Waals surface area (Å²) >= 11 is 0. The largest absolute Gasteiger partial charge is 0.508 e. The van der Waals surface area contributed by atoms with Gasteiger partial charge in [0.1, 0.15) is 11.5 Å². The van der Waals surface area contributed by atoms with Crippen LogP contribution in [0.4, 0.5) is 0 Å². The summed E-state index contributed by atoms with van der Waals surface area (Å²) in [4.78, 5) is 0. The molecule has 0 aliphatic heterocycles. The Labute approximate surface area is 83.2 Å². The van der Waals surface area contributed by atoms with Crippen molar-refractivity contribution in [3.05, 3.63) is 23.8 Å². The Morgan fingerprint density at radius 2 is 2.00 bits per heavy atom. The summed E-state index contributed by atoms with van der Waals surface area (Å²) in [6.07, 6.45) is 1.98. The van der Waals surface area contributed by atoms with E-state index in [1.165, 1.54) is 12.1 Å². The van der Waals surface area contributed by atoms with E-state index < -0.39 is 0 Å². The molecule has 0 radical (unpaired) electrons. The fraction of sp³-hybridized carbons (Fsp3) is 0.455. The molecule has 3 heteroatoms. The van der Waals surface area contributed by atoms with Gasteiger partial charge in [-0.3, -0.25) is 0 Å². The van der Waals surface area contributed by atoms with Gasteiger partial charge in [-0.1, -0.05) is 0 Å². The van der Waals surface area contributed by atoms with Crippen LogP contribution in [0.3, 0.4) is 0 Å². The van der Waals surface area contributed by atoms with Crippen molar-refractivity contribution < 1.29 is 10.2 Å². The first kappa shape index (κ1) is 9.34. The average molecular weight is 193 g/mol. The molecule has 76 valence electrons. The van der Waals surface area contributed by atoms with Crippen LogP contribution in [0.1, 0.15) is 25.3 Å². The lowest BCUT2D eigenvalue weighted by molar-refractivity contribution is 0.436. The lowest BCUT2D eigenvalue weighted by Gasteiger charge is -2.21. The van der Waals surface area contributed by atoms with Crippen molar-refractivity contribution in [2.45, 2.75) is 31.2 Å². The van der Waals surface area contributed by atoms with E-state index in [4.69, 9.17) is 5.73 Å². The van der Waals surface area contributed by atoms with E-state index in [0.717, 1.165) is 18.4 Å². The molecule has 1 saturated carbocycles. The van der Waals surface area contributed by atoms with Gasteiger partial charge in [-0.05, 0) is 38.0 Å². The van der Waals surface area contributed by atoms with Gasteiger partial charge in [0.05, 0.1) is 0 Å². The fourth-order valence-corrected chi connectivity index (χ4v) is 2.03. The third-order valence-electron chi connectivity index (χ3n) is 3.18. The number of nitrogens with two attached hydrogens (primary N) is 1. The molecular formula is C11H15NO2. The Bertz CT molecular complexity index is 356. The smallest absolute Gasteiger partial charge is 0.119 e. The van der Waals surface area contributed by atoms with E-state index in [1.807, 2.05) is 6.92 Å². The van der Waals surface area contributed by atoms with Gasteiger partial charge in [-0.25, -0.2) is 0 Å². The number of hydrogen-bond acceptors (Lipinski definition) is 3. The topological polar surface area (TPSA) is 66.5 Å². The Kier molecular flexibility index (Phi) is 1.93. The van der Waals surface area contributed by atoms with E-state index >= 15 is 0 Å². The Morgan fingerprint density at radius 1 is 1.36 bits per heavy atom. The predicted molar refractivity (Wildman–Crippen MR) is 54.3 cm³/mol. The number of aromatic hydroxyl groups is 2. The zero-order valence-corrected chi connectivity index (χ0v) is 8.20. The van der Waals surface area contributed by atoms with Crippen molar-refractivity contribution in [1.82, 2.24) is 0 Å². The molecule has 1 aliphatic carbocycles. The van der Waals surface area contributed by atoms with Crippen molar-refractivity contribution in [2.24, 2.45) is 5.73 Å². The molecule has 1 unspecified atom stereocenters. The summed E-state index contributed by atoms with van der Waals surface area (Å²) in [5.74, 6) is 0.419. The van der Waals surface area contributed by atoms with Gasteiger partial charge in [0.25, 0.3) is 0 Å². The fourth-order valence-electron chi connectivity index (χ4n) is 2.03. The summed E-state index contributed by atoms with van der Waals surface area (Å²) < 4.78 is 0. The van der Waals surface area contributed by atoms with Gasteiger partial charge >= 0.3 is 0 Å². The molecule has 0 spiro atoms. The van der Waals surface area contributed by atoms with Crippen LogP contribution in [0.5, 0.6) is 11.5 Å². The first-order chi connectivity index (χ1) is 6.56. The monoisotopic (exact) mass is 193 g/mol. The summed E-state index contributed by atoms with van der Waals surface area (Å²) in [6.45, 7) is 1.94. The van der Waals surface area contributed by atoms with Gasteiger partial charge in [-0.2, -0.15) is 0 Å². The second-order valence-electron chi connectivity index (χ2n) is 4.15. The number of phenolic OH excluding ortho intramolecular Hbond substituents is 2. The van der Waals surface area contributed by atoms with Crippen LogP contribution >= 0.6 is 0 Å².